The van der Waals surface area contributed by atoms with Gasteiger partial charge in [-0.3, -0.25) is 4.79 Å². The van der Waals surface area contributed by atoms with E-state index in [0.29, 0.717) is 11.5 Å². The lowest BCUT2D eigenvalue weighted by Gasteiger charge is -2.26. The molecule has 3 aromatic rings. The topological polar surface area (TPSA) is 68.2 Å². The van der Waals surface area contributed by atoms with Gasteiger partial charge in [-0.05, 0) is 42.5 Å². The zero-order valence-electron chi connectivity index (χ0n) is 13.0. The quantitative estimate of drug-likeness (QED) is 0.777. The van der Waals surface area contributed by atoms with Crippen LogP contribution >= 0.6 is 0 Å². The summed E-state index contributed by atoms with van der Waals surface area (Å²) in [7, 11) is 0. The van der Waals surface area contributed by atoms with Crippen LogP contribution in [0.25, 0.3) is 21.8 Å². The van der Waals surface area contributed by atoms with E-state index in [0.717, 1.165) is 33.9 Å². The van der Waals surface area contributed by atoms with Gasteiger partial charge >= 0.3 is 0 Å². The van der Waals surface area contributed by atoms with Crippen molar-refractivity contribution in [3.05, 3.63) is 47.5 Å². The number of carbonyl (C=O) groups is 1. The molecular weight excluding hydrogens is 288 g/mol. The fourth-order valence-corrected chi connectivity index (χ4v) is 3.62. The summed E-state index contributed by atoms with van der Waals surface area (Å²) in [6.07, 6.45) is 3.82. The smallest absolute Gasteiger partial charge is 0.249 e. The van der Waals surface area contributed by atoms with Crippen LogP contribution < -0.4 is 5.73 Å². The number of aromatic nitrogens is 1. The maximum atomic E-state index is 11.9. The van der Waals surface area contributed by atoms with E-state index in [-0.39, 0.29) is 6.61 Å². The third-order valence-electron chi connectivity index (χ3n) is 5.07. The second-order valence-corrected chi connectivity index (χ2v) is 6.48. The Morgan fingerprint density at radius 3 is 2.70 bits per heavy atom. The zero-order chi connectivity index (χ0) is 16.0. The Morgan fingerprint density at radius 1 is 1.22 bits per heavy atom. The molecule has 4 heteroatoms. The van der Waals surface area contributed by atoms with Gasteiger partial charge in [-0.25, -0.2) is 0 Å². The number of hydrogen-bond acceptors (Lipinski definition) is 2. The van der Waals surface area contributed by atoms with Gasteiger partial charge < -0.3 is 15.4 Å². The van der Waals surface area contributed by atoms with Gasteiger partial charge in [0.25, 0.3) is 0 Å². The molecule has 3 N–H and O–H groups in total. The molecule has 0 unspecified atom stereocenters. The molecule has 1 aliphatic rings. The molecule has 1 aromatic heterocycles. The summed E-state index contributed by atoms with van der Waals surface area (Å²) in [6.45, 7) is 0.973. The summed E-state index contributed by atoms with van der Waals surface area (Å²) in [5, 5.41) is 11.4. The second-order valence-electron chi connectivity index (χ2n) is 6.48. The number of nitrogens with two attached hydrogens (primary N) is 1. The van der Waals surface area contributed by atoms with Crippen LogP contribution in [0.2, 0.25) is 0 Å². The molecule has 118 valence electrons. The van der Waals surface area contributed by atoms with E-state index >= 15 is 0 Å². The highest BCUT2D eigenvalue weighted by atomic mass is 16.3. The molecule has 1 aliphatic carbocycles. The third kappa shape index (κ3) is 2.21. The number of benzene rings is 2. The highest BCUT2D eigenvalue weighted by Crippen LogP contribution is 2.36. The van der Waals surface area contributed by atoms with E-state index in [1.807, 2.05) is 24.3 Å². The minimum Gasteiger partial charge on any atom is -0.392 e. The van der Waals surface area contributed by atoms with Crippen LogP contribution in [-0.2, 0) is 13.2 Å². The molecule has 0 atom stereocenters. The average molecular weight is 308 g/mol. The lowest BCUT2D eigenvalue weighted by molar-refractivity contribution is 0.100. The number of aliphatic hydroxyl groups is 1. The Hall–Kier alpha value is -2.33. The molecular formula is C19H20N2O2. The van der Waals surface area contributed by atoms with E-state index in [1.54, 1.807) is 6.07 Å². The van der Waals surface area contributed by atoms with Gasteiger partial charge in [-0.1, -0.05) is 24.6 Å². The SMILES string of the molecule is NC(=O)c1cccc2c1c1ccc(CO)cc1n2CC1CCC1. The fraction of sp³-hybridized carbons (Fsp3) is 0.316. The van der Waals surface area contributed by atoms with Crippen LogP contribution in [0.5, 0.6) is 0 Å². The number of nitrogens with zero attached hydrogens (tertiary/aromatic N) is 1. The summed E-state index contributed by atoms with van der Waals surface area (Å²) in [6, 6.07) is 11.7. The van der Waals surface area contributed by atoms with Crippen LogP contribution in [0, 0.1) is 5.92 Å². The minimum atomic E-state index is -0.399. The summed E-state index contributed by atoms with van der Waals surface area (Å²) >= 11 is 0. The predicted molar refractivity (Wildman–Crippen MR) is 91.2 cm³/mol. The van der Waals surface area contributed by atoms with Gasteiger partial charge in [0.1, 0.15) is 0 Å². The van der Waals surface area contributed by atoms with Crippen LogP contribution in [-0.4, -0.2) is 15.6 Å². The Labute approximate surface area is 134 Å². The first-order valence-electron chi connectivity index (χ1n) is 8.13. The number of carbonyl (C=O) groups excluding carboxylic acids is 1. The maximum Gasteiger partial charge on any atom is 0.249 e. The molecule has 0 spiro atoms. The average Bonchev–Trinajstić information content (AvgIpc) is 2.83. The van der Waals surface area contributed by atoms with Crippen LogP contribution in [0.1, 0.15) is 35.2 Å². The summed E-state index contributed by atoms with van der Waals surface area (Å²) in [5.74, 6) is 0.299. The Morgan fingerprint density at radius 2 is 2.04 bits per heavy atom. The van der Waals surface area contributed by atoms with Crippen molar-refractivity contribution in [3.8, 4) is 0 Å². The fourth-order valence-electron chi connectivity index (χ4n) is 3.62. The zero-order valence-corrected chi connectivity index (χ0v) is 13.0. The van der Waals surface area contributed by atoms with Crippen molar-refractivity contribution in [1.29, 1.82) is 0 Å². The van der Waals surface area contributed by atoms with Crippen LogP contribution in [0.3, 0.4) is 0 Å². The molecule has 4 nitrogen and oxygen atoms in total. The van der Waals surface area contributed by atoms with E-state index in [9.17, 15) is 9.90 Å². The molecule has 1 amide bonds. The Bertz CT molecular complexity index is 907. The first-order chi connectivity index (χ1) is 11.2. The van der Waals surface area contributed by atoms with E-state index < -0.39 is 5.91 Å². The predicted octanol–water partition coefficient (Wildman–Crippen LogP) is 3.19. The van der Waals surface area contributed by atoms with Crippen LogP contribution in [0.4, 0.5) is 0 Å². The highest BCUT2D eigenvalue weighted by molar-refractivity contribution is 6.17. The lowest BCUT2D eigenvalue weighted by atomic mass is 9.85. The normalized spacial score (nSPS) is 15.2. The molecule has 0 radical (unpaired) electrons. The molecule has 1 heterocycles. The van der Waals surface area contributed by atoms with Crippen molar-refractivity contribution in [2.75, 3.05) is 0 Å². The maximum absolute atomic E-state index is 11.9. The third-order valence-corrected chi connectivity index (χ3v) is 5.07. The van der Waals surface area contributed by atoms with E-state index in [2.05, 4.69) is 10.6 Å². The largest absolute Gasteiger partial charge is 0.392 e. The highest BCUT2D eigenvalue weighted by Gasteiger charge is 2.22. The molecule has 1 fully saturated rings. The van der Waals surface area contributed by atoms with Crippen molar-refractivity contribution < 1.29 is 9.90 Å². The van der Waals surface area contributed by atoms with Gasteiger partial charge in [-0.2, -0.15) is 0 Å². The van der Waals surface area contributed by atoms with Crippen molar-refractivity contribution >= 4 is 27.7 Å². The van der Waals surface area contributed by atoms with Crippen molar-refractivity contribution in [3.63, 3.8) is 0 Å². The first kappa shape index (κ1) is 14.3. The summed E-state index contributed by atoms with van der Waals surface area (Å²) in [5.41, 5.74) is 9.17. The number of rotatable bonds is 4. The summed E-state index contributed by atoms with van der Waals surface area (Å²) in [4.78, 5) is 11.9. The molecule has 0 bridgehead atoms. The van der Waals surface area contributed by atoms with Gasteiger partial charge in [0.15, 0.2) is 0 Å². The molecule has 4 rings (SSSR count). The van der Waals surface area contributed by atoms with Crippen molar-refractivity contribution in [2.45, 2.75) is 32.4 Å². The lowest BCUT2D eigenvalue weighted by Crippen LogP contribution is -2.18. The van der Waals surface area contributed by atoms with E-state index in [4.69, 9.17) is 5.73 Å². The number of aliphatic hydroxyl groups excluding tert-OH is 1. The number of amides is 1. The van der Waals surface area contributed by atoms with Gasteiger partial charge in [0.2, 0.25) is 5.91 Å². The molecule has 0 saturated heterocycles. The molecule has 2 aromatic carbocycles. The standard InChI is InChI=1S/C19H20N2O2/c20-19(23)15-5-2-6-16-18(15)14-8-7-13(11-22)9-17(14)21(16)10-12-3-1-4-12/h2,5-9,12,22H,1,3-4,10-11H2,(H2,20,23). The molecule has 0 aliphatic heterocycles. The monoisotopic (exact) mass is 308 g/mol. The van der Waals surface area contributed by atoms with Gasteiger partial charge in [0.05, 0.1) is 6.61 Å². The van der Waals surface area contributed by atoms with Crippen LogP contribution in [0.15, 0.2) is 36.4 Å². The number of primary amides is 1. The van der Waals surface area contributed by atoms with Gasteiger partial charge in [0, 0.05) is 33.9 Å². The Kier molecular flexibility index (Phi) is 3.34. The van der Waals surface area contributed by atoms with Gasteiger partial charge in [-0.15, -0.1) is 0 Å². The number of hydrogen-bond donors (Lipinski definition) is 2. The number of fused-ring (bicyclic) bond motifs is 3. The molecule has 23 heavy (non-hydrogen) atoms. The second kappa shape index (κ2) is 5.39. The summed E-state index contributed by atoms with van der Waals surface area (Å²) < 4.78 is 2.29. The molecule has 1 saturated carbocycles. The van der Waals surface area contributed by atoms with Crippen molar-refractivity contribution in [1.82, 2.24) is 4.57 Å². The minimum absolute atomic E-state index is 0.0174. The Balaban J connectivity index is 2.05. The first-order valence-corrected chi connectivity index (χ1v) is 8.13. The van der Waals surface area contributed by atoms with Crippen molar-refractivity contribution in [2.24, 2.45) is 11.7 Å². The van der Waals surface area contributed by atoms with E-state index in [1.165, 1.54) is 19.3 Å².